The predicted octanol–water partition coefficient (Wildman–Crippen LogP) is 3.63. The minimum Gasteiger partial charge on any atom is -0.497 e. The lowest BCUT2D eigenvalue weighted by atomic mass is 10.2. The maximum Gasteiger partial charge on any atom is 0.287 e. The van der Waals surface area contributed by atoms with Gasteiger partial charge in [0, 0.05) is 41.3 Å². The molecule has 1 amide bonds. The molecule has 2 aromatic carbocycles. The van der Waals surface area contributed by atoms with E-state index in [-0.39, 0.29) is 22.2 Å². The Morgan fingerprint density at radius 1 is 1.17 bits per heavy atom. The monoisotopic (exact) mass is 431 g/mol. The zero-order valence-corrected chi connectivity index (χ0v) is 17.3. The zero-order chi connectivity index (χ0) is 20.8. The normalized spacial score (nSPS) is 10.4. The largest absolute Gasteiger partial charge is 0.497 e. The molecule has 1 N–H and O–H groups in total. The second kappa shape index (κ2) is 9.49. The minimum absolute atomic E-state index is 0.0152. The van der Waals surface area contributed by atoms with Gasteiger partial charge >= 0.3 is 0 Å². The summed E-state index contributed by atoms with van der Waals surface area (Å²) in [5, 5.41) is 3.50. The fourth-order valence-electron chi connectivity index (χ4n) is 2.53. The average Bonchev–Trinajstić information content (AvgIpc) is 2.72. The van der Waals surface area contributed by atoms with E-state index < -0.39 is 0 Å². The molecule has 0 saturated carbocycles. The van der Waals surface area contributed by atoms with Gasteiger partial charge in [0.05, 0.1) is 25.7 Å². The van der Waals surface area contributed by atoms with E-state index in [9.17, 15) is 9.59 Å². The van der Waals surface area contributed by atoms with Crippen molar-refractivity contribution in [1.29, 1.82) is 0 Å². The van der Waals surface area contributed by atoms with Crippen LogP contribution in [-0.4, -0.2) is 35.4 Å². The highest BCUT2D eigenvalue weighted by atomic mass is 35.5. The predicted molar refractivity (Wildman–Crippen MR) is 114 cm³/mol. The summed E-state index contributed by atoms with van der Waals surface area (Å²) in [4.78, 5) is 29.1. The van der Waals surface area contributed by atoms with Crippen LogP contribution >= 0.6 is 23.4 Å². The number of amides is 1. The minimum atomic E-state index is -0.324. The third-order valence-corrected chi connectivity index (χ3v) is 5.07. The van der Waals surface area contributed by atoms with Gasteiger partial charge in [-0.3, -0.25) is 14.2 Å². The second-order valence-electron chi connectivity index (χ2n) is 5.83. The highest BCUT2D eigenvalue weighted by Crippen LogP contribution is 2.26. The summed E-state index contributed by atoms with van der Waals surface area (Å²) in [7, 11) is 3.06. The van der Waals surface area contributed by atoms with E-state index in [0.717, 1.165) is 11.8 Å². The molecule has 0 radical (unpaired) electrons. The second-order valence-corrected chi connectivity index (χ2v) is 7.23. The van der Waals surface area contributed by atoms with Gasteiger partial charge in [-0.1, -0.05) is 29.4 Å². The van der Waals surface area contributed by atoms with Crippen LogP contribution in [-0.2, 0) is 4.79 Å². The topological polar surface area (TPSA) is 82.5 Å². The smallest absolute Gasteiger partial charge is 0.287 e. The van der Waals surface area contributed by atoms with Crippen molar-refractivity contribution in [2.75, 3.05) is 25.3 Å². The van der Waals surface area contributed by atoms with Crippen LogP contribution in [0.5, 0.6) is 11.5 Å². The molecule has 7 nitrogen and oxygen atoms in total. The molecular weight excluding hydrogens is 414 g/mol. The van der Waals surface area contributed by atoms with Crippen LogP contribution in [0.3, 0.4) is 0 Å². The van der Waals surface area contributed by atoms with Crippen molar-refractivity contribution in [3.8, 4) is 17.2 Å². The van der Waals surface area contributed by atoms with E-state index in [1.165, 1.54) is 25.0 Å². The zero-order valence-electron chi connectivity index (χ0n) is 15.7. The van der Waals surface area contributed by atoms with Crippen molar-refractivity contribution >= 4 is 35.0 Å². The molecule has 29 heavy (non-hydrogen) atoms. The SMILES string of the molecule is COc1cc(NC(=O)CSc2nccn(-c3cccc(Cl)c3)c2=O)cc(OC)c1. The number of benzene rings is 2. The molecule has 0 saturated heterocycles. The quantitative estimate of drug-likeness (QED) is 0.575. The Kier molecular flexibility index (Phi) is 6.79. The number of nitrogens with zero attached hydrogens (tertiary/aromatic N) is 2. The Balaban J connectivity index is 1.71. The summed E-state index contributed by atoms with van der Waals surface area (Å²) in [5.41, 5.74) is 0.833. The van der Waals surface area contributed by atoms with E-state index in [1.54, 1.807) is 48.7 Å². The van der Waals surface area contributed by atoms with Crippen LogP contribution in [0.2, 0.25) is 5.02 Å². The van der Waals surface area contributed by atoms with Gasteiger partial charge in [-0.05, 0) is 18.2 Å². The van der Waals surface area contributed by atoms with Gasteiger partial charge in [-0.15, -0.1) is 0 Å². The van der Waals surface area contributed by atoms with Crippen LogP contribution in [0.1, 0.15) is 0 Å². The first-order valence-electron chi connectivity index (χ1n) is 8.49. The number of methoxy groups -OCH3 is 2. The summed E-state index contributed by atoms with van der Waals surface area (Å²) in [6, 6.07) is 12.0. The summed E-state index contributed by atoms with van der Waals surface area (Å²) in [6.45, 7) is 0. The summed E-state index contributed by atoms with van der Waals surface area (Å²) >= 11 is 7.06. The van der Waals surface area contributed by atoms with E-state index in [0.29, 0.717) is 27.9 Å². The molecule has 150 valence electrons. The molecule has 1 aromatic heterocycles. The van der Waals surface area contributed by atoms with Crippen LogP contribution in [0.15, 0.2) is 64.7 Å². The number of halogens is 1. The third kappa shape index (κ3) is 5.30. The molecule has 1 heterocycles. The number of ether oxygens (including phenoxy) is 2. The van der Waals surface area contributed by atoms with Gasteiger partial charge < -0.3 is 14.8 Å². The molecule has 3 aromatic rings. The first kappa shape index (κ1) is 20.8. The number of carbonyl (C=O) groups is 1. The Hall–Kier alpha value is -2.97. The lowest BCUT2D eigenvalue weighted by molar-refractivity contribution is -0.113. The highest BCUT2D eigenvalue weighted by Gasteiger charge is 2.11. The maximum absolute atomic E-state index is 12.7. The van der Waals surface area contributed by atoms with Crippen molar-refractivity contribution in [2.24, 2.45) is 0 Å². The summed E-state index contributed by atoms with van der Waals surface area (Å²) < 4.78 is 11.8. The van der Waals surface area contributed by atoms with Crippen molar-refractivity contribution in [3.63, 3.8) is 0 Å². The molecule has 0 bridgehead atoms. The maximum atomic E-state index is 12.7. The number of thioether (sulfide) groups is 1. The van der Waals surface area contributed by atoms with Crippen LogP contribution in [0, 0.1) is 0 Å². The number of hydrogen-bond acceptors (Lipinski definition) is 6. The van der Waals surface area contributed by atoms with Gasteiger partial charge in [0.25, 0.3) is 5.56 Å². The molecule has 3 rings (SSSR count). The number of rotatable bonds is 7. The van der Waals surface area contributed by atoms with Crippen LogP contribution < -0.4 is 20.3 Å². The van der Waals surface area contributed by atoms with E-state index in [4.69, 9.17) is 21.1 Å². The van der Waals surface area contributed by atoms with Crippen LogP contribution in [0.25, 0.3) is 5.69 Å². The summed E-state index contributed by atoms with van der Waals surface area (Å²) in [5.74, 6) is 0.842. The van der Waals surface area contributed by atoms with Crippen molar-refractivity contribution in [2.45, 2.75) is 5.03 Å². The van der Waals surface area contributed by atoms with E-state index >= 15 is 0 Å². The average molecular weight is 432 g/mol. The van der Waals surface area contributed by atoms with Crippen molar-refractivity contribution < 1.29 is 14.3 Å². The number of anilines is 1. The molecule has 0 aliphatic carbocycles. The first-order valence-corrected chi connectivity index (χ1v) is 9.86. The Morgan fingerprint density at radius 2 is 1.90 bits per heavy atom. The van der Waals surface area contributed by atoms with Gasteiger partial charge in [0.15, 0.2) is 5.03 Å². The molecule has 9 heteroatoms. The molecule has 0 fully saturated rings. The molecule has 0 aliphatic rings. The van der Waals surface area contributed by atoms with E-state index in [2.05, 4.69) is 10.3 Å². The van der Waals surface area contributed by atoms with Gasteiger partial charge in [-0.2, -0.15) is 0 Å². The van der Waals surface area contributed by atoms with Crippen molar-refractivity contribution in [3.05, 3.63) is 70.2 Å². The molecular formula is C20H18ClN3O4S. The number of carbonyl (C=O) groups excluding carboxylic acids is 1. The molecule has 0 atom stereocenters. The van der Waals surface area contributed by atoms with Crippen LogP contribution in [0.4, 0.5) is 5.69 Å². The van der Waals surface area contributed by atoms with Gasteiger partial charge in [0.2, 0.25) is 5.91 Å². The third-order valence-electron chi connectivity index (χ3n) is 3.87. The lowest BCUT2D eigenvalue weighted by Gasteiger charge is -2.10. The highest BCUT2D eigenvalue weighted by molar-refractivity contribution is 7.99. The Bertz CT molecular complexity index is 1070. The molecule has 0 spiro atoms. The fourth-order valence-corrected chi connectivity index (χ4v) is 3.41. The standard InChI is InChI=1S/C20H18ClN3O4S/c1-27-16-9-14(10-17(11-16)28-2)23-18(25)12-29-19-20(26)24(7-6-22-19)15-5-3-4-13(21)8-15/h3-11H,12H2,1-2H3,(H,23,25). The molecule has 0 aliphatic heterocycles. The number of aromatic nitrogens is 2. The fraction of sp³-hybridized carbons (Fsp3) is 0.150. The van der Waals surface area contributed by atoms with Gasteiger partial charge in [0.1, 0.15) is 11.5 Å². The Labute approximate surface area is 176 Å². The number of hydrogen-bond donors (Lipinski definition) is 1. The molecule has 0 unspecified atom stereocenters. The Morgan fingerprint density at radius 3 is 2.55 bits per heavy atom. The summed E-state index contributed by atoms with van der Waals surface area (Å²) in [6.07, 6.45) is 3.07. The van der Waals surface area contributed by atoms with Crippen molar-refractivity contribution in [1.82, 2.24) is 9.55 Å². The van der Waals surface area contributed by atoms with E-state index in [1.807, 2.05) is 0 Å². The number of nitrogens with one attached hydrogen (secondary N) is 1. The lowest BCUT2D eigenvalue weighted by Crippen LogP contribution is -2.22. The first-order chi connectivity index (χ1) is 14.0. The van der Waals surface area contributed by atoms with Gasteiger partial charge in [-0.25, -0.2) is 4.98 Å².